The van der Waals surface area contributed by atoms with Crippen LogP contribution in [0.25, 0.3) is 0 Å². The molecule has 0 N–H and O–H groups in total. The third-order valence-electron chi connectivity index (χ3n) is 8.08. The van der Waals surface area contributed by atoms with E-state index in [2.05, 4.69) is 29.2 Å². The normalized spacial score (nSPS) is 23.9. The summed E-state index contributed by atoms with van der Waals surface area (Å²) in [5, 5.41) is 0. The average Bonchev–Trinajstić information content (AvgIpc) is 3.49. The van der Waals surface area contributed by atoms with E-state index in [1.54, 1.807) is 0 Å². The molecule has 0 spiro atoms. The summed E-state index contributed by atoms with van der Waals surface area (Å²) in [5.41, 5.74) is 2.81. The minimum absolute atomic E-state index is 0.0769. The van der Waals surface area contributed by atoms with Gasteiger partial charge >= 0.3 is 6.18 Å². The standard InChI is InChI=1S/C28H33F3N2O/c29-28(30,31)25-11-5-10-22(15-25)26-19-33(27(34)14-20-6-1-2-7-20)18-24(26)17-32-13-12-21-8-3-4-9-23(21)16-32/h3-5,8-11,15,20,24,26H,1-2,6-7,12-14,16-19H2. The summed E-state index contributed by atoms with van der Waals surface area (Å²) in [5.74, 6) is 0.695. The van der Waals surface area contributed by atoms with Crippen LogP contribution in [0, 0.1) is 11.8 Å². The molecule has 3 nitrogen and oxygen atoms in total. The van der Waals surface area contributed by atoms with Gasteiger partial charge < -0.3 is 4.90 Å². The van der Waals surface area contributed by atoms with E-state index in [0.29, 0.717) is 31.0 Å². The Balaban J connectivity index is 1.35. The van der Waals surface area contributed by atoms with Gasteiger partial charge in [0.05, 0.1) is 5.56 Å². The maximum Gasteiger partial charge on any atom is 0.416 e. The quantitative estimate of drug-likeness (QED) is 0.544. The van der Waals surface area contributed by atoms with E-state index >= 15 is 0 Å². The Morgan fingerprint density at radius 3 is 2.50 bits per heavy atom. The third-order valence-corrected chi connectivity index (χ3v) is 8.08. The summed E-state index contributed by atoms with van der Waals surface area (Å²) >= 11 is 0. The van der Waals surface area contributed by atoms with Gasteiger partial charge in [-0.25, -0.2) is 0 Å². The molecule has 1 saturated heterocycles. The van der Waals surface area contributed by atoms with Gasteiger partial charge in [-0.1, -0.05) is 55.3 Å². The van der Waals surface area contributed by atoms with Gasteiger partial charge in [0.25, 0.3) is 0 Å². The number of benzene rings is 2. The molecule has 2 fully saturated rings. The van der Waals surface area contributed by atoms with Gasteiger partial charge in [0.15, 0.2) is 0 Å². The fraction of sp³-hybridized carbons (Fsp3) is 0.536. The predicted octanol–water partition coefficient (Wildman–Crippen LogP) is 5.89. The summed E-state index contributed by atoms with van der Waals surface area (Å²) in [6.07, 6.45) is 1.84. The number of carbonyl (C=O) groups is 1. The van der Waals surface area contributed by atoms with Crippen molar-refractivity contribution in [2.24, 2.45) is 11.8 Å². The van der Waals surface area contributed by atoms with Crippen molar-refractivity contribution < 1.29 is 18.0 Å². The number of carbonyl (C=O) groups excluding carboxylic acids is 1. The number of halogens is 3. The summed E-state index contributed by atoms with van der Waals surface area (Å²) in [4.78, 5) is 17.5. The molecule has 3 aliphatic rings. The Bertz CT molecular complexity index is 1010. The van der Waals surface area contributed by atoms with Gasteiger partial charge in [0.2, 0.25) is 5.91 Å². The van der Waals surface area contributed by atoms with E-state index in [0.717, 1.165) is 45.0 Å². The highest BCUT2D eigenvalue weighted by Gasteiger charge is 2.39. The zero-order chi connectivity index (χ0) is 23.7. The largest absolute Gasteiger partial charge is 0.416 e. The average molecular weight is 471 g/mol. The van der Waals surface area contributed by atoms with Crippen molar-refractivity contribution in [3.63, 3.8) is 0 Å². The van der Waals surface area contributed by atoms with Gasteiger partial charge in [-0.2, -0.15) is 13.2 Å². The number of likely N-dealkylation sites (tertiary alicyclic amines) is 1. The number of rotatable bonds is 5. The number of hydrogen-bond donors (Lipinski definition) is 0. The van der Waals surface area contributed by atoms with Crippen molar-refractivity contribution >= 4 is 5.91 Å². The minimum atomic E-state index is -4.36. The van der Waals surface area contributed by atoms with Crippen molar-refractivity contribution in [3.8, 4) is 0 Å². The summed E-state index contributed by atoms with van der Waals surface area (Å²) < 4.78 is 40.3. The lowest BCUT2D eigenvalue weighted by molar-refractivity contribution is -0.137. The number of alkyl halides is 3. The number of fused-ring (bicyclic) bond motifs is 1. The molecule has 1 amide bonds. The monoisotopic (exact) mass is 470 g/mol. The second-order valence-corrected chi connectivity index (χ2v) is 10.4. The molecular formula is C28H33F3N2O. The minimum Gasteiger partial charge on any atom is -0.342 e. The van der Waals surface area contributed by atoms with Crippen LogP contribution in [0.4, 0.5) is 13.2 Å². The van der Waals surface area contributed by atoms with Gasteiger partial charge in [-0.15, -0.1) is 0 Å². The highest BCUT2D eigenvalue weighted by molar-refractivity contribution is 5.77. The Kier molecular flexibility index (Phi) is 6.70. The van der Waals surface area contributed by atoms with E-state index in [1.807, 2.05) is 11.0 Å². The summed E-state index contributed by atoms with van der Waals surface area (Å²) in [6.45, 7) is 3.74. The fourth-order valence-electron chi connectivity index (χ4n) is 6.22. The van der Waals surface area contributed by atoms with Crippen molar-refractivity contribution in [2.75, 3.05) is 26.2 Å². The molecule has 34 heavy (non-hydrogen) atoms. The molecule has 1 saturated carbocycles. The first-order valence-corrected chi connectivity index (χ1v) is 12.6. The second-order valence-electron chi connectivity index (χ2n) is 10.4. The molecule has 0 bridgehead atoms. The molecule has 182 valence electrons. The highest BCUT2D eigenvalue weighted by Crippen LogP contribution is 2.38. The predicted molar refractivity (Wildman–Crippen MR) is 126 cm³/mol. The Morgan fingerprint density at radius 2 is 1.74 bits per heavy atom. The molecule has 2 heterocycles. The van der Waals surface area contributed by atoms with Crippen molar-refractivity contribution in [1.29, 1.82) is 0 Å². The fourth-order valence-corrected chi connectivity index (χ4v) is 6.22. The van der Waals surface area contributed by atoms with E-state index in [9.17, 15) is 18.0 Å². The van der Waals surface area contributed by atoms with Gasteiger partial charge in [-0.3, -0.25) is 9.69 Å². The van der Waals surface area contributed by atoms with Crippen LogP contribution >= 0.6 is 0 Å². The van der Waals surface area contributed by atoms with Crippen LogP contribution in [0.15, 0.2) is 48.5 Å². The van der Waals surface area contributed by atoms with Gasteiger partial charge in [0.1, 0.15) is 0 Å². The zero-order valence-electron chi connectivity index (χ0n) is 19.6. The van der Waals surface area contributed by atoms with Gasteiger partial charge in [0, 0.05) is 45.1 Å². The molecule has 0 radical (unpaired) electrons. The molecule has 2 unspecified atom stereocenters. The van der Waals surface area contributed by atoms with Crippen LogP contribution in [0.1, 0.15) is 60.3 Å². The lowest BCUT2D eigenvalue weighted by Crippen LogP contribution is -2.37. The first kappa shape index (κ1) is 23.4. The van der Waals surface area contributed by atoms with E-state index < -0.39 is 11.7 Å². The first-order valence-electron chi connectivity index (χ1n) is 12.6. The molecule has 2 atom stereocenters. The lowest BCUT2D eigenvalue weighted by Gasteiger charge is -2.32. The number of nitrogens with zero attached hydrogens (tertiary/aromatic N) is 2. The Hall–Kier alpha value is -2.34. The molecule has 5 rings (SSSR count). The molecule has 2 aromatic rings. The Labute approximate surface area is 199 Å². The van der Waals surface area contributed by atoms with Crippen LogP contribution in [-0.2, 0) is 23.9 Å². The molecule has 1 aliphatic carbocycles. The van der Waals surface area contributed by atoms with Crippen LogP contribution in [0.5, 0.6) is 0 Å². The summed E-state index contributed by atoms with van der Waals surface area (Å²) in [7, 11) is 0. The molecule has 0 aromatic heterocycles. The highest BCUT2D eigenvalue weighted by atomic mass is 19.4. The first-order chi connectivity index (χ1) is 16.4. The van der Waals surface area contributed by atoms with Crippen LogP contribution in [0.3, 0.4) is 0 Å². The number of hydrogen-bond acceptors (Lipinski definition) is 2. The van der Waals surface area contributed by atoms with E-state index in [1.165, 1.54) is 36.1 Å². The maximum absolute atomic E-state index is 13.4. The van der Waals surface area contributed by atoms with E-state index in [4.69, 9.17) is 0 Å². The third kappa shape index (κ3) is 5.17. The summed E-state index contributed by atoms with van der Waals surface area (Å²) in [6, 6.07) is 14.2. The van der Waals surface area contributed by atoms with E-state index in [-0.39, 0.29) is 17.7 Å². The maximum atomic E-state index is 13.4. The molecule has 6 heteroatoms. The second kappa shape index (κ2) is 9.73. The van der Waals surface area contributed by atoms with Gasteiger partial charge in [-0.05, 0) is 53.9 Å². The zero-order valence-corrected chi connectivity index (χ0v) is 19.6. The smallest absolute Gasteiger partial charge is 0.342 e. The number of amides is 1. The van der Waals surface area contributed by atoms with Crippen LogP contribution < -0.4 is 0 Å². The molecule has 2 aliphatic heterocycles. The Morgan fingerprint density at radius 1 is 0.971 bits per heavy atom. The topological polar surface area (TPSA) is 23.6 Å². The SMILES string of the molecule is O=C(CC1CCCC1)N1CC(CN2CCc3ccccc3C2)C(c2cccc(C(F)(F)F)c2)C1. The van der Waals surface area contributed by atoms with Crippen molar-refractivity contribution in [3.05, 3.63) is 70.8 Å². The van der Waals surface area contributed by atoms with Crippen molar-refractivity contribution in [1.82, 2.24) is 9.80 Å². The van der Waals surface area contributed by atoms with Crippen molar-refractivity contribution in [2.45, 2.75) is 57.2 Å². The van der Waals surface area contributed by atoms with Crippen LogP contribution in [-0.4, -0.2) is 41.9 Å². The molecule has 2 aromatic carbocycles. The van der Waals surface area contributed by atoms with Crippen LogP contribution in [0.2, 0.25) is 0 Å². The lowest BCUT2D eigenvalue weighted by atomic mass is 9.87. The molecular weight excluding hydrogens is 437 g/mol.